The number of benzene rings is 1. The molecule has 5 nitrogen and oxygen atoms in total. The summed E-state index contributed by atoms with van der Waals surface area (Å²) in [5.74, 6) is -0.536. The van der Waals surface area contributed by atoms with Gasteiger partial charge in [0.2, 0.25) is 11.6 Å². The van der Waals surface area contributed by atoms with Crippen molar-refractivity contribution in [2.45, 2.75) is 39.0 Å². The highest BCUT2D eigenvalue weighted by Gasteiger charge is 2.38. The lowest BCUT2D eigenvalue weighted by Crippen LogP contribution is -2.41. The number of aromatic nitrogens is 2. The standard InChI is InChI=1S/C15H16F3N3O2/c1-8(2)19-13(22)9(3)21-11-7-5-4-6-10(11)20-12(14(21)23)15(16,17)18/h4-9H,1-3H3,(H,19,22). The highest BCUT2D eigenvalue weighted by Crippen LogP contribution is 2.27. The molecule has 0 spiro atoms. The minimum atomic E-state index is -4.89. The Balaban J connectivity index is 2.73. The number of halogens is 3. The molecule has 0 aliphatic heterocycles. The minimum Gasteiger partial charge on any atom is -0.352 e. The first-order valence-corrected chi connectivity index (χ1v) is 7.01. The van der Waals surface area contributed by atoms with E-state index in [4.69, 9.17) is 0 Å². The van der Waals surface area contributed by atoms with Crippen molar-refractivity contribution in [3.63, 3.8) is 0 Å². The predicted octanol–water partition coefficient (Wildman–Crippen LogP) is 2.50. The first-order valence-electron chi connectivity index (χ1n) is 7.01. The Morgan fingerprint density at radius 1 is 1.22 bits per heavy atom. The number of nitrogens with zero attached hydrogens (tertiary/aromatic N) is 2. The monoisotopic (exact) mass is 327 g/mol. The molecule has 0 aliphatic carbocycles. The van der Waals surface area contributed by atoms with Crippen LogP contribution in [0.1, 0.15) is 32.5 Å². The first kappa shape index (κ1) is 17.0. The van der Waals surface area contributed by atoms with Crippen LogP contribution >= 0.6 is 0 Å². The van der Waals surface area contributed by atoms with Crippen molar-refractivity contribution in [3.8, 4) is 0 Å². The highest BCUT2D eigenvalue weighted by atomic mass is 19.4. The fourth-order valence-corrected chi connectivity index (χ4v) is 2.25. The number of rotatable bonds is 3. The van der Waals surface area contributed by atoms with Crippen LogP contribution in [-0.4, -0.2) is 21.5 Å². The normalized spacial score (nSPS) is 13.3. The Morgan fingerprint density at radius 3 is 2.39 bits per heavy atom. The molecule has 2 rings (SSSR count). The van der Waals surface area contributed by atoms with E-state index < -0.39 is 29.4 Å². The van der Waals surface area contributed by atoms with Crippen LogP contribution in [0, 0.1) is 0 Å². The zero-order valence-electron chi connectivity index (χ0n) is 12.8. The number of carbonyl (C=O) groups is 1. The lowest BCUT2D eigenvalue weighted by atomic mass is 10.2. The number of amides is 1. The number of hydrogen-bond acceptors (Lipinski definition) is 3. The lowest BCUT2D eigenvalue weighted by molar-refractivity contribution is -0.142. The van der Waals surface area contributed by atoms with Gasteiger partial charge in [-0.15, -0.1) is 0 Å². The fourth-order valence-electron chi connectivity index (χ4n) is 2.25. The first-order chi connectivity index (χ1) is 10.6. The third-order valence-corrected chi connectivity index (χ3v) is 3.26. The number of nitrogens with one attached hydrogen (secondary N) is 1. The molecule has 1 atom stereocenters. The molecule has 1 aromatic carbocycles. The summed E-state index contributed by atoms with van der Waals surface area (Å²) in [5, 5.41) is 2.59. The van der Waals surface area contributed by atoms with Gasteiger partial charge in [0.15, 0.2) is 0 Å². The maximum Gasteiger partial charge on any atom is 0.438 e. The van der Waals surface area contributed by atoms with Crippen molar-refractivity contribution in [3.05, 3.63) is 40.3 Å². The quantitative estimate of drug-likeness (QED) is 0.942. The van der Waals surface area contributed by atoms with Gasteiger partial charge < -0.3 is 5.32 Å². The molecule has 0 aliphatic rings. The molecule has 23 heavy (non-hydrogen) atoms. The second-order valence-corrected chi connectivity index (χ2v) is 5.46. The van der Waals surface area contributed by atoms with E-state index in [-0.39, 0.29) is 17.1 Å². The van der Waals surface area contributed by atoms with E-state index in [0.29, 0.717) is 0 Å². The number of para-hydroxylation sites is 2. The third-order valence-electron chi connectivity index (χ3n) is 3.26. The van der Waals surface area contributed by atoms with Gasteiger partial charge in [0.1, 0.15) is 6.04 Å². The van der Waals surface area contributed by atoms with Crippen LogP contribution in [0.25, 0.3) is 11.0 Å². The molecule has 0 bridgehead atoms. The zero-order valence-corrected chi connectivity index (χ0v) is 12.8. The molecular weight excluding hydrogens is 311 g/mol. The zero-order chi connectivity index (χ0) is 17.4. The van der Waals surface area contributed by atoms with Gasteiger partial charge in [-0.2, -0.15) is 13.2 Å². The van der Waals surface area contributed by atoms with Crippen LogP contribution in [-0.2, 0) is 11.0 Å². The summed E-state index contributed by atoms with van der Waals surface area (Å²) in [6.45, 7) is 4.82. The van der Waals surface area contributed by atoms with Gasteiger partial charge in [-0.25, -0.2) is 4.98 Å². The Morgan fingerprint density at radius 2 is 1.83 bits per heavy atom. The molecule has 1 heterocycles. The molecule has 0 radical (unpaired) electrons. The average molecular weight is 327 g/mol. The minimum absolute atomic E-state index is 0.00335. The number of carbonyl (C=O) groups excluding carboxylic acids is 1. The summed E-state index contributed by atoms with van der Waals surface area (Å²) >= 11 is 0. The van der Waals surface area contributed by atoms with Crippen molar-refractivity contribution in [1.82, 2.24) is 14.9 Å². The molecular formula is C15H16F3N3O2. The molecule has 1 N–H and O–H groups in total. The van der Waals surface area contributed by atoms with Crippen LogP contribution in [0.4, 0.5) is 13.2 Å². The number of fused-ring (bicyclic) bond motifs is 1. The van der Waals surface area contributed by atoms with Gasteiger partial charge in [-0.3, -0.25) is 14.2 Å². The Labute approximate surface area is 130 Å². The predicted molar refractivity (Wildman–Crippen MR) is 79.0 cm³/mol. The summed E-state index contributed by atoms with van der Waals surface area (Å²) in [6.07, 6.45) is -4.89. The van der Waals surface area contributed by atoms with Crippen LogP contribution in [0.15, 0.2) is 29.1 Å². The van der Waals surface area contributed by atoms with Gasteiger partial charge >= 0.3 is 6.18 Å². The molecule has 0 saturated heterocycles. The highest BCUT2D eigenvalue weighted by molar-refractivity contribution is 5.83. The van der Waals surface area contributed by atoms with E-state index in [9.17, 15) is 22.8 Å². The van der Waals surface area contributed by atoms with E-state index in [1.807, 2.05) is 0 Å². The van der Waals surface area contributed by atoms with Crippen molar-refractivity contribution in [2.24, 2.45) is 0 Å². The largest absolute Gasteiger partial charge is 0.438 e. The Hall–Kier alpha value is -2.38. The topological polar surface area (TPSA) is 64.0 Å². The second kappa shape index (κ2) is 6.02. The van der Waals surface area contributed by atoms with Gasteiger partial charge in [-0.1, -0.05) is 12.1 Å². The summed E-state index contributed by atoms with van der Waals surface area (Å²) < 4.78 is 40.0. The fraction of sp³-hybridized carbons (Fsp3) is 0.400. The lowest BCUT2D eigenvalue weighted by Gasteiger charge is -2.20. The molecule has 0 fully saturated rings. The average Bonchev–Trinajstić information content (AvgIpc) is 2.44. The van der Waals surface area contributed by atoms with Gasteiger partial charge in [-0.05, 0) is 32.9 Å². The molecule has 1 amide bonds. The molecule has 2 aromatic rings. The van der Waals surface area contributed by atoms with Crippen molar-refractivity contribution in [1.29, 1.82) is 0 Å². The van der Waals surface area contributed by atoms with Gasteiger partial charge in [0.05, 0.1) is 11.0 Å². The summed E-state index contributed by atoms with van der Waals surface area (Å²) in [5.41, 5.74) is -2.68. The van der Waals surface area contributed by atoms with E-state index in [0.717, 1.165) is 4.57 Å². The Kier molecular flexibility index (Phi) is 4.44. The second-order valence-electron chi connectivity index (χ2n) is 5.46. The molecule has 1 aromatic heterocycles. The van der Waals surface area contributed by atoms with Crippen molar-refractivity contribution < 1.29 is 18.0 Å². The van der Waals surface area contributed by atoms with Gasteiger partial charge in [0.25, 0.3) is 5.56 Å². The van der Waals surface area contributed by atoms with Gasteiger partial charge in [0, 0.05) is 6.04 Å². The van der Waals surface area contributed by atoms with E-state index in [2.05, 4.69) is 10.3 Å². The van der Waals surface area contributed by atoms with Crippen LogP contribution in [0.2, 0.25) is 0 Å². The SMILES string of the molecule is CC(C)NC(=O)C(C)n1c(=O)c(C(F)(F)F)nc2ccccc21. The van der Waals surface area contributed by atoms with E-state index in [1.54, 1.807) is 19.9 Å². The third kappa shape index (κ3) is 3.35. The van der Waals surface area contributed by atoms with Crippen molar-refractivity contribution in [2.75, 3.05) is 0 Å². The van der Waals surface area contributed by atoms with Crippen LogP contribution < -0.4 is 10.9 Å². The molecule has 124 valence electrons. The summed E-state index contributed by atoms with van der Waals surface area (Å²) in [4.78, 5) is 27.8. The molecule has 0 saturated carbocycles. The molecule has 1 unspecified atom stereocenters. The van der Waals surface area contributed by atoms with Crippen molar-refractivity contribution >= 4 is 16.9 Å². The number of alkyl halides is 3. The maximum atomic E-state index is 13.1. The Bertz CT molecular complexity index is 797. The summed E-state index contributed by atoms with van der Waals surface area (Å²) in [7, 11) is 0. The molecule has 8 heteroatoms. The summed E-state index contributed by atoms with van der Waals surface area (Å²) in [6, 6.07) is 4.62. The van der Waals surface area contributed by atoms with E-state index >= 15 is 0 Å². The van der Waals surface area contributed by atoms with E-state index in [1.165, 1.54) is 25.1 Å². The van der Waals surface area contributed by atoms with Crippen LogP contribution in [0.3, 0.4) is 0 Å². The smallest absolute Gasteiger partial charge is 0.352 e. The maximum absolute atomic E-state index is 13.1. The van der Waals surface area contributed by atoms with Crippen LogP contribution in [0.5, 0.6) is 0 Å². The number of hydrogen-bond donors (Lipinski definition) is 1.